The highest BCUT2D eigenvalue weighted by atomic mass is 32.2. The summed E-state index contributed by atoms with van der Waals surface area (Å²) < 4.78 is 26.2. The van der Waals surface area contributed by atoms with Crippen molar-refractivity contribution < 1.29 is 13.2 Å². The van der Waals surface area contributed by atoms with Crippen molar-refractivity contribution in [2.24, 2.45) is 0 Å². The molecule has 0 saturated carbocycles. The second kappa shape index (κ2) is 8.01. The molecule has 5 nitrogen and oxygen atoms in total. The molecule has 1 aromatic carbocycles. The molecule has 0 atom stereocenters. The van der Waals surface area contributed by atoms with E-state index in [0.29, 0.717) is 19.5 Å². The molecule has 0 bridgehead atoms. The highest BCUT2D eigenvalue weighted by Crippen LogP contribution is 2.15. The Morgan fingerprint density at radius 2 is 1.80 bits per heavy atom. The summed E-state index contributed by atoms with van der Waals surface area (Å²) >= 11 is 0. The average Bonchev–Trinajstić information content (AvgIpc) is 2.45. The van der Waals surface area contributed by atoms with Gasteiger partial charge in [0, 0.05) is 13.1 Å². The summed E-state index contributed by atoms with van der Waals surface area (Å²) in [5.74, 6) is -0.264. The van der Waals surface area contributed by atoms with Gasteiger partial charge >= 0.3 is 0 Å². The molecule has 112 valence electrons. The molecule has 0 radical (unpaired) electrons. The fourth-order valence-electron chi connectivity index (χ4n) is 1.76. The maximum Gasteiger partial charge on any atom is 0.243 e. The number of amides is 1. The first-order chi connectivity index (χ1) is 9.52. The number of sulfonamides is 1. The number of nitrogens with zero attached hydrogens (tertiary/aromatic N) is 1. The number of hydrogen-bond acceptors (Lipinski definition) is 3. The number of rotatable bonds is 8. The Hall–Kier alpha value is -1.40. The monoisotopic (exact) mass is 298 g/mol. The Labute approximate surface area is 121 Å². The van der Waals surface area contributed by atoms with E-state index in [-0.39, 0.29) is 17.3 Å². The minimum atomic E-state index is -3.61. The predicted octanol–water partition coefficient (Wildman–Crippen LogP) is 1.61. The largest absolute Gasteiger partial charge is 0.355 e. The van der Waals surface area contributed by atoms with Crippen molar-refractivity contribution in [3.8, 4) is 0 Å². The first kappa shape index (κ1) is 16.7. The second-order valence-electron chi connectivity index (χ2n) is 4.50. The van der Waals surface area contributed by atoms with Crippen LogP contribution >= 0.6 is 0 Å². The summed E-state index contributed by atoms with van der Waals surface area (Å²) in [4.78, 5) is 12.0. The van der Waals surface area contributed by atoms with Crippen molar-refractivity contribution >= 4 is 15.9 Å². The van der Waals surface area contributed by atoms with Crippen LogP contribution in [0.4, 0.5) is 0 Å². The third kappa shape index (κ3) is 4.61. The van der Waals surface area contributed by atoms with E-state index in [0.717, 1.165) is 6.42 Å². The topological polar surface area (TPSA) is 66.5 Å². The molecule has 0 heterocycles. The molecule has 0 unspecified atom stereocenters. The van der Waals surface area contributed by atoms with Crippen molar-refractivity contribution in [2.45, 2.75) is 31.6 Å². The quantitative estimate of drug-likeness (QED) is 0.793. The number of nitrogens with one attached hydrogen (secondary N) is 1. The highest BCUT2D eigenvalue weighted by Gasteiger charge is 2.25. The Balaban J connectivity index is 2.87. The molecule has 1 N–H and O–H groups in total. The van der Waals surface area contributed by atoms with Crippen molar-refractivity contribution in [2.75, 3.05) is 19.6 Å². The summed E-state index contributed by atoms with van der Waals surface area (Å²) in [6.45, 7) is 4.59. The van der Waals surface area contributed by atoms with Gasteiger partial charge in [-0.2, -0.15) is 4.31 Å². The van der Waals surface area contributed by atoms with E-state index >= 15 is 0 Å². The number of carbonyl (C=O) groups excluding carboxylic acids is 1. The van der Waals surface area contributed by atoms with Gasteiger partial charge in [-0.1, -0.05) is 32.0 Å². The van der Waals surface area contributed by atoms with Crippen LogP contribution in [0.2, 0.25) is 0 Å². The van der Waals surface area contributed by atoms with Gasteiger partial charge < -0.3 is 5.32 Å². The lowest BCUT2D eigenvalue weighted by molar-refractivity contribution is -0.121. The lowest BCUT2D eigenvalue weighted by atomic mass is 10.4. The first-order valence-electron chi connectivity index (χ1n) is 6.84. The van der Waals surface area contributed by atoms with E-state index in [2.05, 4.69) is 5.32 Å². The Morgan fingerprint density at radius 1 is 1.15 bits per heavy atom. The van der Waals surface area contributed by atoms with Crippen molar-refractivity contribution in [1.82, 2.24) is 9.62 Å². The predicted molar refractivity (Wildman–Crippen MR) is 78.8 cm³/mol. The maximum atomic E-state index is 12.5. The molecule has 1 aromatic rings. The molecule has 0 aromatic heterocycles. The zero-order valence-corrected chi connectivity index (χ0v) is 12.8. The summed E-state index contributed by atoms with van der Waals surface area (Å²) in [7, 11) is -3.61. The van der Waals surface area contributed by atoms with Crippen molar-refractivity contribution in [3.05, 3.63) is 30.3 Å². The van der Waals surface area contributed by atoms with Gasteiger partial charge in [0.05, 0.1) is 11.4 Å². The van der Waals surface area contributed by atoms with E-state index < -0.39 is 10.0 Å². The minimum absolute atomic E-state index is 0.134. The minimum Gasteiger partial charge on any atom is -0.355 e. The van der Waals surface area contributed by atoms with Gasteiger partial charge in [-0.05, 0) is 25.0 Å². The van der Waals surface area contributed by atoms with E-state index in [9.17, 15) is 13.2 Å². The molecule has 0 aliphatic rings. The Morgan fingerprint density at radius 3 is 2.35 bits per heavy atom. The van der Waals surface area contributed by atoms with Crippen LogP contribution in [0, 0.1) is 0 Å². The van der Waals surface area contributed by atoms with Gasteiger partial charge in [-0.25, -0.2) is 8.42 Å². The lowest BCUT2D eigenvalue weighted by Gasteiger charge is -2.21. The van der Waals surface area contributed by atoms with Crippen LogP contribution in [-0.4, -0.2) is 38.3 Å². The maximum absolute atomic E-state index is 12.5. The van der Waals surface area contributed by atoms with E-state index in [1.165, 1.54) is 4.31 Å². The third-order valence-corrected chi connectivity index (χ3v) is 4.61. The molecule has 0 spiro atoms. The number of carbonyl (C=O) groups is 1. The molecule has 1 rings (SSSR count). The van der Waals surface area contributed by atoms with Crippen LogP contribution in [0.5, 0.6) is 0 Å². The van der Waals surface area contributed by atoms with Crippen molar-refractivity contribution in [1.29, 1.82) is 0 Å². The average molecular weight is 298 g/mol. The van der Waals surface area contributed by atoms with Crippen LogP contribution < -0.4 is 5.32 Å². The third-order valence-electron chi connectivity index (χ3n) is 2.75. The molecule has 0 fully saturated rings. The van der Waals surface area contributed by atoms with Gasteiger partial charge in [0.1, 0.15) is 0 Å². The molecule has 6 heteroatoms. The van der Waals surface area contributed by atoms with E-state index in [1.54, 1.807) is 30.3 Å². The zero-order valence-electron chi connectivity index (χ0n) is 12.0. The summed E-state index contributed by atoms with van der Waals surface area (Å²) in [6.07, 6.45) is 1.48. The normalized spacial score (nSPS) is 11.6. The number of hydrogen-bond donors (Lipinski definition) is 1. The van der Waals surface area contributed by atoms with E-state index in [4.69, 9.17) is 0 Å². The van der Waals surface area contributed by atoms with Crippen molar-refractivity contribution in [3.63, 3.8) is 0 Å². The molecular formula is C14H22N2O3S. The van der Waals surface area contributed by atoms with Gasteiger partial charge in [-0.3, -0.25) is 4.79 Å². The van der Waals surface area contributed by atoms with Gasteiger partial charge in [-0.15, -0.1) is 0 Å². The highest BCUT2D eigenvalue weighted by molar-refractivity contribution is 7.89. The fourth-order valence-corrected chi connectivity index (χ4v) is 3.27. The van der Waals surface area contributed by atoms with Crippen LogP contribution in [0.1, 0.15) is 26.7 Å². The standard InChI is InChI=1S/C14H22N2O3S/c1-3-10-15-14(17)12-16(11-4-2)20(18,19)13-8-6-5-7-9-13/h5-9H,3-4,10-12H2,1-2H3,(H,15,17). The number of benzene rings is 1. The molecule has 1 amide bonds. The van der Waals surface area contributed by atoms with Crippen LogP contribution in [0.3, 0.4) is 0 Å². The molecule has 20 heavy (non-hydrogen) atoms. The van der Waals surface area contributed by atoms with Crippen LogP contribution in [0.25, 0.3) is 0 Å². The van der Waals surface area contributed by atoms with Crippen LogP contribution in [0.15, 0.2) is 35.2 Å². The Bertz CT molecular complexity index is 514. The summed E-state index contributed by atoms with van der Waals surface area (Å²) in [5.41, 5.74) is 0. The fraction of sp³-hybridized carbons (Fsp3) is 0.500. The van der Waals surface area contributed by atoms with Gasteiger partial charge in [0.15, 0.2) is 0 Å². The summed E-state index contributed by atoms with van der Waals surface area (Å²) in [6, 6.07) is 8.20. The molecule has 0 aliphatic carbocycles. The molecule has 0 aliphatic heterocycles. The van der Waals surface area contributed by atoms with Gasteiger partial charge in [0.2, 0.25) is 15.9 Å². The molecular weight excluding hydrogens is 276 g/mol. The lowest BCUT2D eigenvalue weighted by Crippen LogP contribution is -2.41. The summed E-state index contributed by atoms with van der Waals surface area (Å²) in [5, 5.41) is 2.70. The zero-order chi connectivity index (χ0) is 15.0. The smallest absolute Gasteiger partial charge is 0.243 e. The SMILES string of the molecule is CCCNC(=O)CN(CCC)S(=O)(=O)c1ccccc1. The molecule has 0 saturated heterocycles. The first-order valence-corrected chi connectivity index (χ1v) is 8.28. The van der Waals surface area contributed by atoms with Gasteiger partial charge in [0.25, 0.3) is 0 Å². The second-order valence-corrected chi connectivity index (χ2v) is 6.44. The Kier molecular flexibility index (Phi) is 6.67. The van der Waals surface area contributed by atoms with Crippen LogP contribution in [-0.2, 0) is 14.8 Å². The van der Waals surface area contributed by atoms with E-state index in [1.807, 2.05) is 13.8 Å².